The minimum Gasteiger partial charge on any atom is -0.498 e. The van der Waals surface area contributed by atoms with Gasteiger partial charge in [-0.2, -0.15) is 0 Å². The third-order valence-corrected chi connectivity index (χ3v) is 7.07. The molecule has 0 radical (unpaired) electrons. The van der Waals surface area contributed by atoms with Crippen molar-refractivity contribution in [2.75, 3.05) is 13.7 Å². The van der Waals surface area contributed by atoms with Gasteiger partial charge in [-0.1, -0.05) is 34.3 Å². The molecule has 4 fully saturated rings. The Morgan fingerprint density at radius 2 is 2.05 bits per heavy atom. The molecule has 1 aliphatic heterocycles. The fourth-order valence-electron chi connectivity index (χ4n) is 5.78. The van der Waals surface area contributed by atoms with Crippen LogP contribution in [0.2, 0.25) is 0 Å². The summed E-state index contributed by atoms with van der Waals surface area (Å²) in [4.78, 5) is 0. The molecule has 108 valence electrons. The Hall–Kier alpha value is -0.500. The van der Waals surface area contributed by atoms with E-state index in [2.05, 4.69) is 34.3 Å². The summed E-state index contributed by atoms with van der Waals surface area (Å²) in [6.07, 6.45) is 2.91. The number of hydrogen-bond donors (Lipinski definition) is 0. The fraction of sp³-hybridized carbons (Fsp3) is 0.882. The van der Waals surface area contributed by atoms with Crippen LogP contribution >= 0.6 is 0 Å². The summed E-state index contributed by atoms with van der Waals surface area (Å²) in [5.41, 5.74) is 0.575. The minimum atomic E-state index is 0.226. The highest BCUT2D eigenvalue weighted by Crippen LogP contribution is 2.70. The van der Waals surface area contributed by atoms with Crippen molar-refractivity contribution in [3.8, 4) is 0 Å². The predicted octanol–water partition coefficient (Wildman–Crippen LogP) is 3.87. The van der Waals surface area contributed by atoms with Crippen LogP contribution < -0.4 is 0 Å². The van der Waals surface area contributed by atoms with E-state index in [9.17, 15) is 0 Å². The average molecular weight is 264 g/mol. The first-order valence-corrected chi connectivity index (χ1v) is 7.74. The van der Waals surface area contributed by atoms with Gasteiger partial charge in [0.1, 0.15) is 0 Å². The van der Waals surface area contributed by atoms with Gasteiger partial charge < -0.3 is 9.47 Å². The Morgan fingerprint density at radius 1 is 1.37 bits per heavy atom. The maximum absolute atomic E-state index is 6.03. The maximum atomic E-state index is 6.03. The van der Waals surface area contributed by atoms with Gasteiger partial charge in [0.2, 0.25) is 0 Å². The monoisotopic (exact) mass is 264 g/mol. The van der Waals surface area contributed by atoms with E-state index in [1.54, 1.807) is 0 Å². The van der Waals surface area contributed by atoms with Gasteiger partial charge in [-0.3, -0.25) is 0 Å². The zero-order chi connectivity index (χ0) is 14.0. The molecule has 0 aromatic carbocycles. The molecule has 4 aliphatic rings. The third kappa shape index (κ3) is 1.36. The maximum Gasteiger partial charge on any atom is 0.0930 e. The first-order valence-electron chi connectivity index (χ1n) is 7.74. The molecule has 0 spiro atoms. The Kier molecular flexibility index (Phi) is 2.84. The van der Waals surface area contributed by atoms with Crippen LogP contribution in [0.5, 0.6) is 0 Å². The van der Waals surface area contributed by atoms with E-state index in [4.69, 9.17) is 9.47 Å². The van der Waals surface area contributed by atoms with Gasteiger partial charge in [0.25, 0.3) is 0 Å². The Balaban J connectivity index is 2.16. The molecule has 0 aromatic rings. The van der Waals surface area contributed by atoms with Crippen molar-refractivity contribution in [1.82, 2.24) is 0 Å². The highest BCUT2D eigenvalue weighted by molar-refractivity contribution is 5.23. The SMILES string of the molecule is C=C1OCC2C1C1(C(C)C)CCC2(C)C(C)C1OC. The average Bonchev–Trinajstić information content (AvgIpc) is 2.76. The van der Waals surface area contributed by atoms with E-state index in [0.29, 0.717) is 35.2 Å². The smallest absolute Gasteiger partial charge is 0.0930 e. The number of fused-ring (bicyclic) bond motifs is 2. The minimum absolute atomic E-state index is 0.226. The highest BCUT2D eigenvalue weighted by atomic mass is 16.5. The number of allylic oxidation sites excluding steroid dienone is 1. The molecule has 4 rings (SSSR count). The molecule has 6 unspecified atom stereocenters. The van der Waals surface area contributed by atoms with Crippen LogP contribution in [0, 0.1) is 34.5 Å². The molecule has 19 heavy (non-hydrogen) atoms. The van der Waals surface area contributed by atoms with Gasteiger partial charge in [-0.15, -0.1) is 0 Å². The second-order valence-corrected chi connectivity index (χ2v) is 7.58. The molecule has 2 nitrogen and oxygen atoms in total. The van der Waals surface area contributed by atoms with Crippen molar-refractivity contribution >= 4 is 0 Å². The lowest BCUT2D eigenvalue weighted by molar-refractivity contribution is -0.230. The molecule has 3 aliphatic carbocycles. The summed E-state index contributed by atoms with van der Waals surface area (Å²) in [5, 5.41) is 0. The first-order chi connectivity index (χ1) is 8.89. The summed E-state index contributed by atoms with van der Waals surface area (Å²) in [7, 11) is 1.89. The first kappa shape index (κ1) is 13.5. The Morgan fingerprint density at radius 3 is 2.63 bits per heavy atom. The summed E-state index contributed by atoms with van der Waals surface area (Å²) in [6, 6.07) is 0. The van der Waals surface area contributed by atoms with Crippen LogP contribution in [0.25, 0.3) is 0 Å². The molecule has 2 bridgehead atoms. The second kappa shape index (κ2) is 4.00. The predicted molar refractivity (Wildman–Crippen MR) is 76.6 cm³/mol. The third-order valence-electron chi connectivity index (χ3n) is 7.07. The van der Waals surface area contributed by atoms with E-state index in [-0.39, 0.29) is 5.41 Å². The molecule has 6 atom stereocenters. The largest absolute Gasteiger partial charge is 0.498 e. The lowest BCUT2D eigenvalue weighted by Crippen LogP contribution is -2.66. The highest BCUT2D eigenvalue weighted by Gasteiger charge is 2.69. The lowest BCUT2D eigenvalue weighted by Gasteiger charge is -2.66. The van der Waals surface area contributed by atoms with Crippen LogP contribution in [-0.4, -0.2) is 19.8 Å². The lowest BCUT2D eigenvalue weighted by atomic mass is 9.39. The van der Waals surface area contributed by atoms with Crippen LogP contribution in [0.15, 0.2) is 12.3 Å². The van der Waals surface area contributed by atoms with E-state index >= 15 is 0 Å². The number of methoxy groups -OCH3 is 1. The molecule has 0 aromatic heterocycles. The van der Waals surface area contributed by atoms with Crippen LogP contribution in [0.1, 0.15) is 40.5 Å². The molecule has 0 N–H and O–H groups in total. The summed E-state index contributed by atoms with van der Waals surface area (Å²) < 4.78 is 11.9. The zero-order valence-electron chi connectivity index (χ0n) is 13.0. The van der Waals surface area contributed by atoms with Gasteiger partial charge in [-0.25, -0.2) is 0 Å². The summed E-state index contributed by atoms with van der Waals surface area (Å²) >= 11 is 0. The van der Waals surface area contributed by atoms with E-state index in [1.807, 2.05) is 7.11 Å². The Labute approximate surface area is 117 Å². The van der Waals surface area contributed by atoms with Crippen molar-refractivity contribution in [1.29, 1.82) is 0 Å². The number of ether oxygens (including phenoxy) is 2. The van der Waals surface area contributed by atoms with E-state index in [0.717, 1.165) is 12.4 Å². The number of hydrogen-bond acceptors (Lipinski definition) is 2. The standard InChI is InChI=1S/C17H28O2/c1-10(2)17-8-7-16(5,11(3)15(17)18-6)13-9-19-12(4)14(13)17/h10-11,13-15H,4,7-9H2,1-3,5-6H3. The molecule has 0 amide bonds. The number of rotatable bonds is 2. The van der Waals surface area contributed by atoms with Gasteiger partial charge in [0.05, 0.1) is 18.5 Å². The van der Waals surface area contributed by atoms with Crippen molar-refractivity contribution in [2.24, 2.45) is 34.5 Å². The molecule has 2 heteroatoms. The summed E-state index contributed by atoms with van der Waals surface area (Å²) in [5.74, 6) is 3.36. The van der Waals surface area contributed by atoms with Crippen molar-refractivity contribution < 1.29 is 9.47 Å². The normalized spacial score (nSPS) is 52.4. The van der Waals surface area contributed by atoms with Gasteiger partial charge in [0.15, 0.2) is 0 Å². The fourth-order valence-corrected chi connectivity index (χ4v) is 5.78. The Bertz CT molecular complexity index is 402. The topological polar surface area (TPSA) is 18.5 Å². The van der Waals surface area contributed by atoms with Crippen molar-refractivity contribution in [3.63, 3.8) is 0 Å². The second-order valence-electron chi connectivity index (χ2n) is 7.58. The van der Waals surface area contributed by atoms with Crippen molar-refractivity contribution in [3.05, 3.63) is 12.3 Å². The van der Waals surface area contributed by atoms with Crippen LogP contribution in [0.3, 0.4) is 0 Å². The molecule has 1 heterocycles. The van der Waals surface area contributed by atoms with Crippen molar-refractivity contribution in [2.45, 2.75) is 46.6 Å². The van der Waals surface area contributed by atoms with Crippen LogP contribution in [0.4, 0.5) is 0 Å². The van der Waals surface area contributed by atoms with E-state index in [1.165, 1.54) is 12.8 Å². The van der Waals surface area contributed by atoms with Gasteiger partial charge in [0, 0.05) is 24.4 Å². The quantitative estimate of drug-likeness (QED) is 0.754. The molecule has 1 saturated heterocycles. The van der Waals surface area contributed by atoms with Gasteiger partial charge in [-0.05, 0) is 30.1 Å². The zero-order valence-corrected chi connectivity index (χ0v) is 13.0. The molecular formula is C17H28O2. The van der Waals surface area contributed by atoms with Gasteiger partial charge >= 0.3 is 0 Å². The molecule has 3 saturated carbocycles. The van der Waals surface area contributed by atoms with Crippen LogP contribution in [-0.2, 0) is 9.47 Å². The van der Waals surface area contributed by atoms with E-state index < -0.39 is 0 Å². The summed E-state index contributed by atoms with van der Waals surface area (Å²) in [6.45, 7) is 14.7. The molecular weight excluding hydrogens is 236 g/mol.